The van der Waals surface area contributed by atoms with Gasteiger partial charge in [0.15, 0.2) is 0 Å². The molecule has 3 heteroatoms. The second-order valence-corrected chi connectivity index (χ2v) is 3.79. The first-order valence-corrected chi connectivity index (χ1v) is 4.21. The summed E-state index contributed by atoms with van der Waals surface area (Å²) in [7, 11) is 1.67. The summed E-state index contributed by atoms with van der Waals surface area (Å²) in [6.45, 7) is 8.63. The molecular formula is C10H17NO2. The van der Waals surface area contributed by atoms with E-state index < -0.39 is 5.54 Å². The Morgan fingerprint density at radius 3 is 2.23 bits per heavy atom. The van der Waals surface area contributed by atoms with Gasteiger partial charge in [-0.3, -0.25) is 9.59 Å². The van der Waals surface area contributed by atoms with E-state index in [-0.39, 0.29) is 11.7 Å². The van der Waals surface area contributed by atoms with Gasteiger partial charge < -0.3 is 4.90 Å². The van der Waals surface area contributed by atoms with Crippen LogP contribution in [0.15, 0.2) is 12.7 Å². The van der Waals surface area contributed by atoms with Gasteiger partial charge >= 0.3 is 0 Å². The Hall–Kier alpha value is -1.12. The fourth-order valence-electron chi connectivity index (χ4n) is 1.16. The maximum absolute atomic E-state index is 11.2. The Bertz CT molecular complexity index is 231. The zero-order valence-electron chi connectivity index (χ0n) is 8.76. The van der Waals surface area contributed by atoms with Crippen molar-refractivity contribution in [3.8, 4) is 0 Å². The number of likely N-dealkylation sites (N-methyl/N-ethyl adjacent to an activating group) is 1. The molecule has 0 spiro atoms. The quantitative estimate of drug-likeness (QED) is 0.618. The fraction of sp³-hybridized carbons (Fsp3) is 0.600. The molecule has 3 nitrogen and oxygen atoms in total. The molecule has 0 unspecified atom stereocenters. The van der Waals surface area contributed by atoms with Crippen LogP contribution in [-0.4, -0.2) is 29.2 Å². The van der Waals surface area contributed by atoms with Crippen molar-refractivity contribution in [1.29, 1.82) is 0 Å². The Balaban J connectivity index is 4.52. The average Bonchev–Trinajstić information content (AvgIpc) is 1.99. The summed E-state index contributed by atoms with van der Waals surface area (Å²) in [6.07, 6.45) is 1.62. The second kappa shape index (κ2) is 4.21. The van der Waals surface area contributed by atoms with Crippen molar-refractivity contribution >= 4 is 11.7 Å². The van der Waals surface area contributed by atoms with E-state index in [1.165, 1.54) is 17.9 Å². The molecule has 0 fully saturated rings. The minimum absolute atomic E-state index is 0.0775. The third-order valence-electron chi connectivity index (χ3n) is 2.09. The van der Waals surface area contributed by atoms with Crippen LogP contribution in [0.1, 0.15) is 27.2 Å². The first kappa shape index (κ1) is 11.9. The standard InChI is InChI=1S/C10H17NO2/c1-6-9(13)11(5)10(3,4)7-8(2)12/h6H,1,7H2,2-5H3. The lowest BCUT2D eigenvalue weighted by molar-refractivity contribution is -0.131. The molecule has 0 aromatic heterocycles. The van der Waals surface area contributed by atoms with Crippen LogP contribution >= 0.6 is 0 Å². The van der Waals surface area contributed by atoms with Crippen molar-refractivity contribution in [1.82, 2.24) is 4.90 Å². The van der Waals surface area contributed by atoms with Crippen molar-refractivity contribution in [2.24, 2.45) is 0 Å². The number of ketones is 1. The Labute approximate surface area is 79.4 Å². The van der Waals surface area contributed by atoms with Gasteiger partial charge in [-0.15, -0.1) is 0 Å². The van der Waals surface area contributed by atoms with Gasteiger partial charge in [-0.2, -0.15) is 0 Å². The summed E-state index contributed by atoms with van der Waals surface area (Å²) in [5.74, 6) is -0.0834. The maximum atomic E-state index is 11.2. The molecule has 0 heterocycles. The Morgan fingerprint density at radius 1 is 1.46 bits per heavy atom. The highest BCUT2D eigenvalue weighted by Gasteiger charge is 2.27. The maximum Gasteiger partial charge on any atom is 0.246 e. The van der Waals surface area contributed by atoms with E-state index in [9.17, 15) is 9.59 Å². The van der Waals surface area contributed by atoms with Gasteiger partial charge in [-0.05, 0) is 26.8 Å². The van der Waals surface area contributed by atoms with Crippen LogP contribution in [0.4, 0.5) is 0 Å². The topological polar surface area (TPSA) is 37.4 Å². The molecule has 74 valence electrons. The summed E-state index contributed by atoms with van der Waals surface area (Å²) in [4.78, 5) is 23.7. The first-order chi connectivity index (χ1) is 5.81. The highest BCUT2D eigenvalue weighted by molar-refractivity contribution is 5.88. The number of nitrogens with zero attached hydrogens (tertiary/aromatic N) is 1. The van der Waals surface area contributed by atoms with Crippen LogP contribution in [0, 0.1) is 0 Å². The molecule has 0 rings (SSSR count). The molecule has 0 atom stereocenters. The lowest BCUT2D eigenvalue weighted by Gasteiger charge is -2.34. The number of Topliss-reactive ketones (excluding diaryl/α,β-unsaturated/α-hetero) is 1. The minimum atomic E-state index is -0.433. The second-order valence-electron chi connectivity index (χ2n) is 3.79. The van der Waals surface area contributed by atoms with E-state index in [1.807, 2.05) is 13.8 Å². The predicted molar refractivity (Wildman–Crippen MR) is 52.3 cm³/mol. The number of carbonyl (C=O) groups is 2. The molecule has 0 aliphatic rings. The van der Waals surface area contributed by atoms with E-state index >= 15 is 0 Å². The van der Waals surface area contributed by atoms with Gasteiger partial charge in [0.2, 0.25) is 5.91 Å². The molecule has 0 saturated heterocycles. The number of hydrogen-bond acceptors (Lipinski definition) is 2. The minimum Gasteiger partial charge on any atom is -0.337 e. The van der Waals surface area contributed by atoms with E-state index in [2.05, 4.69) is 6.58 Å². The van der Waals surface area contributed by atoms with Crippen LogP contribution in [0.2, 0.25) is 0 Å². The van der Waals surface area contributed by atoms with Crippen LogP contribution < -0.4 is 0 Å². The largest absolute Gasteiger partial charge is 0.337 e. The summed E-state index contributed by atoms with van der Waals surface area (Å²) in [5, 5.41) is 0. The van der Waals surface area contributed by atoms with E-state index in [0.29, 0.717) is 6.42 Å². The average molecular weight is 183 g/mol. The van der Waals surface area contributed by atoms with Crippen LogP contribution in [0.3, 0.4) is 0 Å². The first-order valence-electron chi connectivity index (χ1n) is 4.21. The lowest BCUT2D eigenvalue weighted by atomic mass is 9.96. The van der Waals surface area contributed by atoms with E-state index in [1.54, 1.807) is 7.05 Å². The van der Waals surface area contributed by atoms with Crippen molar-refractivity contribution < 1.29 is 9.59 Å². The molecule has 0 N–H and O–H groups in total. The van der Waals surface area contributed by atoms with Gasteiger partial charge in [0.05, 0.1) is 0 Å². The zero-order chi connectivity index (χ0) is 10.6. The molecule has 13 heavy (non-hydrogen) atoms. The van der Waals surface area contributed by atoms with Crippen LogP contribution in [0.5, 0.6) is 0 Å². The molecule has 0 aliphatic heterocycles. The smallest absolute Gasteiger partial charge is 0.246 e. The summed E-state index contributed by atoms with van der Waals surface area (Å²) in [6, 6.07) is 0. The summed E-state index contributed by atoms with van der Waals surface area (Å²) >= 11 is 0. The van der Waals surface area contributed by atoms with E-state index in [0.717, 1.165) is 0 Å². The van der Waals surface area contributed by atoms with Crippen molar-refractivity contribution in [2.75, 3.05) is 7.05 Å². The normalized spacial score (nSPS) is 10.8. The highest BCUT2D eigenvalue weighted by atomic mass is 16.2. The van der Waals surface area contributed by atoms with Gasteiger partial charge in [0.25, 0.3) is 0 Å². The zero-order valence-corrected chi connectivity index (χ0v) is 8.76. The van der Waals surface area contributed by atoms with Crippen LogP contribution in [0.25, 0.3) is 0 Å². The molecule has 0 saturated carbocycles. The number of carbonyl (C=O) groups excluding carboxylic acids is 2. The number of rotatable bonds is 4. The van der Waals surface area contributed by atoms with Crippen LogP contribution in [-0.2, 0) is 9.59 Å². The monoisotopic (exact) mass is 183 g/mol. The van der Waals surface area contributed by atoms with Gasteiger partial charge in [-0.1, -0.05) is 6.58 Å². The van der Waals surface area contributed by atoms with Crippen molar-refractivity contribution in [3.63, 3.8) is 0 Å². The molecule has 1 amide bonds. The Morgan fingerprint density at radius 2 is 1.92 bits per heavy atom. The number of hydrogen-bond donors (Lipinski definition) is 0. The lowest BCUT2D eigenvalue weighted by Crippen LogP contribution is -2.45. The molecule has 0 aromatic carbocycles. The number of amides is 1. The Kier molecular flexibility index (Phi) is 3.85. The molecule has 0 radical (unpaired) electrons. The van der Waals surface area contributed by atoms with Crippen molar-refractivity contribution in [3.05, 3.63) is 12.7 Å². The van der Waals surface area contributed by atoms with Gasteiger partial charge in [0.1, 0.15) is 5.78 Å². The molecule has 0 aliphatic carbocycles. The fourth-order valence-corrected chi connectivity index (χ4v) is 1.16. The highest BCUT2D eigenvalue weighted by Crippen LogP contribution is 2.17. The third kappa shape index (κ3) is 3.40. The molecule has 0 aromatic rings. The third-order valence-corrected chi connectivity index (χ3v) is 2.09. The SMILES string of the molecule is C=CC(=O)N(C)C(C)(C)CC(C)=O. The van der Waals surface area contributed by atoms with Gasteiger partial charge in [-0.25, -0.2) is 0 Å². The molecule has 0 bridgehead atoms. The van der Waals surface area contributed by atoms with Crippen molar-refractivity contribution in [2.45, 2.75) is 32.7 Å². The van der Waals surface area contributed by atoms with Gasteiger partial charge in [0, 0.05) is 19.0 Å². The summed E-state index contributed by atoms with van der Waals surface area (Å²) < 4.78 is 0. The summed E-state index contributed by atoms with van der Waals surface area (Å²) in [5.41, 5.74) is -0.433. The van der Waals surface area contributed by atoms with E-state index in [4.69, 9.17) is 0 Å². The molecular weight excluding hydrogens is 166 g/mol. The predicted octanol–water partition coefficient (Wildman–Crippen LogP) is 1.39.